The molecule has 0 saturated carbocycles. The highest BCUT2D eigenvalue weighted by atomic mass is 16.1. The zero-order valence-corrected chi connectivity index (χ0v) is 13.1. The molecule has 0 spiro atoms. The average Bonchev–Trinajstić information content (AvgIpc) is 2.91. The molecule has 0 aliphatic carbocycles. The monoisotopic (exact) mass is 308 g/mol. The minimum Gasteiger partial charge on any atom is -0.305 e. The molecular formula is C18H20N4O. The van der Waals surface area contributed by atoms with Crippen LogP contribution in [0.2, 0.25) is 0 Å². The highest BCUT2D eigenvalue weighted by Crippen LogP contribution is 2.32. The normalized spacial score (nSPS) is 18.3. The Morgan fingerprint density at radius 2 is 1.96 bits per heavy atom. The van der Waals surface area contributed by atoms with Crippen LogP contribution in [0.25, 0.3) is 5.57 Å². The summed E-state index contributed by atoms with van der Waals surface area (Å²) in [4.78, 5) is 13.6. The highest BCUT2D eigenvalue weighted by molar-refractivity contribution is 5.73. The Hall–Kier alpha value is -2.27. The van der Waals surface area contributed by atoms with Gasteiger partial charge in [0.2, 0.25) is 0 Å². The molecule has 0 bridgehead atoms. The number of hydrogen-bond acceptors (Lipinski definition) is 4. The van der Waals surface area contributed by atoms with Crippen LogP contribution in [-0.2, 0) is 13.1 Å². The molecule has 0 unspecified atom stereocenters. The van der Waals surface area contributed by atoms with Crippen LogP contribution in [0.1, 0.15) is 41.3 Å². The molecule has 23 heavy (non-hydrogen) atoms. The van der Waals surface area contributed by atoms with E-state index in [1.54, 1.807) is 0 Å². The molecule has 1 aromatic carbocycles. The summed E-state index contributed by atoms with van der Waals surface area (Å²) in [7, 11) is 0. The summed E-state index contributed by atoms with van der Waals surface area (Å²) < 4.78 is 1.99. The standard InChI is InChI=1S/C18H20N4O/c23-13-17-19-20-18-16-12-21(11-14-5-2-1-3-6-14)10-8-15(16)7-4-9-22(17)18/h1-3,5-6,13H,4,7-12H2. The number of benzene rings is 1. The van der Waals surface area contributed by atoms with Gasteiger partial charge < -0.3 is 4.57 Å². The topological polar surface area (TPSA) is 51.0 Å². The Bertz CT molecular complexity index is 748. The van der Waals surface area contributed by atoms with Crippen LogP contribution in [0, 0.1) is 0 Å². The molecule has 5 nitrogen and oxygen atoms in total. The van der Waals surface area contributed by atoms with Gasteiger partial charge in [0.25, 0.3) is 0 Å². The van der Waals surface area contributed by atoms with Crippen molar-refractivity contribution in [3.05, 3.63) is 53.1 Å². The number of nitrogens with zero attached hydrogens (tertiary/aromatic N) is 4. The van der Waals surface area contributed by atoms with E-state index in [0.717, 1.165) is 57.6 Å². The van der Waals surface area contributed by atoms with Crippen LogP contribution in [0.5, 0.6) is 0 Å². The minimum atomic E-state index is 0.453. The van der Waals surface area contributed by atoms with Crippen molar-refractivity contribution in [3.63, 3.8) is 0 Å². The second-order valence-electron chi connectivity index (χ2n) is 6.28. The van der Waals surface area contributed by atoms with Crippen LogP contribution < -0.4 is 0 Å². The highest BCUT2D eigenvalue weighted by Gasteiger charge is 2.26. The fourth-order valence-corrected chi connectivity index (χ4v) is 3.64. The third-order valence-corrected chi connectivity index (χ3v) is 4.80. The van der Waals surface area contributed by atoms with E-state index in [1.165, 1.54) is 16.7 Å². The van der Waals surface area contributed by atoms with E-state index in [1.807, 2.05) is 4.57 Å². The number of carbonyl (C=O) groups excluding carboxylic acids is 1. The van der Waals surface area contributed by atoms with Crippen molar-refractivity contribution in [3.8, 4) is 0 Å². The van der Waals surface area contributed by atoms with Gasteiger partial charge in [-0.05, 0) is 24.8 Å². The molecular weight excluding hydrogens is 288 g/mol. The number of carbonyl (C=O) groups is 1. The predicted octanol–water partition coefficient (Wildman–Crippen LogP) is 2.54. The largest absolute Gasteiger partial charge is 0.305 e. The predicted molar refractivity (Wildman–Crippen MR) is 87.9 cm³/mol. The van der Waals surface area contributed by atoms with Gasteiger partial charge in [0.15, 0.2) is 17.9 Å². The van der Waals surface area contributed by atoms with Crippen molar-refractivity contribution < 1.29 is 4.79 Å². The van der Waals surface area contributed by atoms with E-state index in [0.29, 0.717) is 5.82 Å². The lowest BCUT2D eigenvalue weighted by molar-refractivity contribution is 0.111. The third-order valence-electron chi connectivity index (χ3n) is 4.80. The van der Waals surface area contributed by atoms with Crippen LogP contribution in [0.4, 0.5) is 0 Å². The molecule has 0 radical (unpaired) electrons. The maximum atomic E-state index is 11.2. The fraction of sp³-hybridized carbons (Fsp3) is 0.389. The van der Waals surface area contributed by atoms with Gasteiger partial charge in [-0.25, -0.2) is 0 Å². The Morgan fingerprint density at radius 1 is 1.09 bits per heavy atom. The lowest BCUT2D eigenvalue weighted by Crippen LogP contribution is -2.31. The lowest BCUT2D eigenvalue weighted by atomic mass is 9.96. The Labute approximate surface area is 135 Å². The number of hydrogen-bond donors (Lipinski definition) is 0. The second-order valence-corrected chi connectivity index (χ2v) is 6.28. The van der Waals surface area contributed by atoms with Gasteiger partial charge in [-0.3, -0.25) is 9.69 Å². The summed E-state index contributed by atoms with van der Waals surface area (Å²) in [5.41, 5.74) is 4.11. The molecule has 118 valence electrons. The van der Waals surface area contributed by atoms with Gasteiger partial charge >= 0.3 is 0 Å². The molecule has 2 aliphatic heterocycles. The van der Waals surface area contributed by atoms with Gasteiger partial charge in [0, 0.05) is 31.8 Å². The summed E-state index contributed by atoms with van der Waals surface area (Å²) in [6.45, 7) is 3.76. The van der Waals surface area contributed by atoms with E-state index in [4.69, 9.17) is 0 Å². The van der Waals surface area contributed by atoms with E-state index < -0.39 is 0 Å². The van der Waals surface area contributed by atoms with E-state index in [2.05, 4.69) is 45.4 Å². The van der Waals surface area contributed by atoms with Gasteiger partial charge in [-0.15, -0.1) is 10.2 Å². The van der Waals surface area contributed by atoms with E-state index >= 15 is 0 Å². The molecule has 0 N–H and O–H groups in total. The molecule has 3 heterocycles. The van der Waals surface area contributed by atoms with Crippen molar-refractivity contribution in [1.29, 1.82) is 0 Å². The molecule has 2 aliphatic rings. The number of rotatable bonds is 3. The molecule has 4 rings (SSSR count). The van der Waals surface area contributed by atoms with Crippen LogP contribution in [0.3, 0.4) is 0 Å². The van der Waals surface area contributed by atoms with Crippen molar-refractivity contribution in [2.45, 2.75) is 32.4 Å². The minimum absolute atomic E-state index is 0.453. The summed E-state index contributed by atoms with van der Waals surface area (Å²) in [5.74, 6) is 1.35. The van der Waals surface area contributed by atoms with Gasteiger partial charge in [0.1, 0.15) is 0 Å². The summed E-state index contributed by atoms with van der Waals surface area (Å²) in [6.07, 6.45) is 4.07. The number of aromatic nitrogens is 3. The Balaban J connectivity index is 1.62. The first-order valence-corrected chi connectivity index (χ1v) is 8.21. The first-order valence-electron chi connectivity index (χ1n) is 8.21. The average molecular weight is 308 g/mol. The lowest BCUT2D eigenvalue weighted by Gasteiger charge is -2.29. The molecule has 5 heteroatoms. The number of fused-ring (bicyclic) bond motifs is 2. The fourth-order valence-electron chi connectivity index (χ4n) is 3.64. The van der Waals surface area contributed by atoms with Gasteiger partial charge in [0.05, 0.1) is 0 Å². The van der Waals surface area contributed by atoms with Crippen LogP contribution in [-0.4, -0.2) is 39.0 Å². The first kappa shape index (κ1) is 14.3. The first-order chi connectivity index (χ1) is 11.3. The Morgan fingerprint density at radius 3 is 2.78 bits per heavy atom. The van der Waals surface area contributed by atoms with E-state index in [-0.39, 0.29) is 0 Å². The summed E-state index contributed by atoms with van der Waals surface area (Å²) in [6, 6.07) is 10.6. The molecule has 0 fully saturated rings. The van der Waals surface area contributed by atoms with Crippen molar-refractivity contribution in [1.82, 2.24) is 19.7 Å². The second kappa shape index (κ2) is 6.08. The summed E-state index contributed by atoms with van der Waals surface area (Å²) in [5, 5.41) is 8.36. The maximum Gasteiger partial charge on any atom is 0.197 e. The third kappa shape index (κ3) is 2.72. The molecule has 2 aromatic rings. The van der Waals surface area contributed by atoms with Crippen LogP contribution >= 0.6 is 0 Å². The molecule has 0 amide bonds. The van der Waals surface area contributed by atoms with Crippen molar-refractivity contribution >= 4 is 11.9 Å². The molecule has 0 saturated heterocycles. The van der Waals surface area contributed by atoms with Crippen molar-refractivity contribution in [2.75, 3.05) is 13.1 Å². The SMILES string of the molecule is O=Cc1nnc2n1CCCC1=C2CN(Cc2ccccc2)CC1. The Kier molecular flexibility index (Phi) is 3.79. The zero-order valence-electron chi connectivity index (χ0n) is 13.1. The van der Waals surface area contributed by atoms with Crippen molar-refractivity contribution in [2.24, 2.45) is 0 Å². The molecule has 1 aromatic heterocycles. The quantitative estimate of drug-likeness (QED) is 0.818. The summed E-state index contributed by atoms with van der Waals surface area (Å²) >= 11 is 0. The van der Waals surface area contributed by atoms with Gasteiger partial charge in [-0.1, -0.05) is 35.9 Å². The van der Waals surface area contributed by atoms with Crippen LogP contribution in [0.15, 0.2) is 35.9 Å². The number of aldehydes is 1. The van der Waals surface area contributed by atoms with Gasteiger partial charge in [-0.2, -0.15) is 0 Å². The zero-order chi connectivity index (χ0) is 15.6. The maximum absolute atomic E-state index is 11.2. The smallest absolute Gasteiger partial charge is 0.197 e. The molecule has 0 atom stereocenters. The van der Waals surface area contributed by atoms with E-state index in [9.17, 15) is 4.79 Å².